The topological polar surface area (TPSA) is 26.3 Å². The van der Waals surface area contributed by atoms with Gasteiger partial charge in [0.2, 0.25) is 0 Å². The maximum Gasteiger partial charge on any atom is 0.338 e. The van der Waals surface area contributed by atoms with E-state index in [4.69, 9.17) is 4.74 Å². The number of carbonyl (C=O) groups excluding carboxylic acids is 1. The summed E-state index contributed by atoms with van der Waals surface area (Å²) in [6.07, 6.45) is 0.0541. The van der Waals surface area contributed by atoms with E-state index in [2.05, 4.69) is 6.58 Å². The quantitative estimate of drug-likeness (QED) is 0.689. The van der Waals surface area contributed by atoms with Crippen molar-refractivity contribution in [2.45, 2.75) is 6.42 Å². The summed E-state index contributed by atoms with van der Waals surface area (Å²) in [6.45, 7) is 3.10. The molecule has 0 spiro atoms. The fraction of sp³-hybridized carbons (Fsp3) is 0.182. The van der Waals surface area contributed by atoms with Gasteiger partial charge in [-0.1, -0.05) is 24.8 Å². The second-order valence-electron chi connectivity index (χ2n) is 2.77. The second kappa shape index (κ2) is 5.17. The van der Waals surface area contributed by atoms with E-state index in [0.717, 1.165) is 0 Å². The van der Waals surface area contributed by atoms with Gasteiger partial charge in [-0.25, -0.2) is 9.18 Å². The maximum absolute atomic E-state index is 12.2. The van der Waals surface area contributed by atoms with Crippen LogP contribution in [0.5, 0.6) is 0 Å². The molecule has 0 heterocycles. The first kappa shape index (κ1) is 10.4. The van der Waals surface area contributed by atoms with Crippen LogP contribution < -0.4 is 0 Å². The van der Waals surface area contributed by atoms with Gasteiger partial charge in [0.05, 0.1) is 18.0 Å². The summed E-state index contributed by atoms with van der Waals surface area (Å²) in [5, 5.41) is 0. The van der Waals surface area contributed by atoms with Crippen molar-refractivity contribution in [1.82, 2.24) is 0 Å². The molecule has 0 saturated heterocycles. The summed E-state index contributed by atoms with van der Waals surface area (Å²) in [4.78, 5) is 11.3. The second-order valence-corrected chi connectivity index (χ2v) is 2.77. The number of benzene rings is 1. The van der Waals surface area contributed by atoms with Crippen molar-refractivity contribution in [2.75, 3.05) is 6.61 Å². The summed E-state index contributed by atoms with van der Waals surface area (Å²) in [6, 6.07) is 8.58. The fourth-order valence-corrected chi connectivity index (χ4v) is 0.912. The number of hydrogen-bond acceptors (Lipinski definition) is 2. The number of carbonyl (C=O) groups is 1. The molecule has 0 unspecified atom stereocenters. The average Bonchev–Trinajstić information content (AvgIpc) is 2.18. The SMILES string of the molecule is C=C(F)CCOC(=O)c1ccccc1. The molecule has 74 valence electrons. The summed E-state index contributed by atoms with van der Waals surface area (Å²) < 4.78 is 17.0. The smallest absolute Gasteiger partial charge is 0.338 e. The van der Waals surface area contributed by atoms with Gasteiger partial charge < -0.3 is 4.74 Å². The fourth-order valence-electron chi connectivity index (χ4n) is 0.912. The molecule has 0 aliphatic heterocycles. The lowest BCUT2D eigenvalue weighted by atomic mass is 10.2. The Morgan fingerprint density at radius 2 is 2.00 bits per heavy atom. The highest BCUT2D eigenvalue weighted by molar-refractivity contribution is 5.89. The Morgan fingerprint density at radius 1 is 1.36 bits per heavy atom. The van der Waals surface area contributed by atoms with Gasteiger partial charge in [-0.15, -0.1) is 0 Å². The van der Waals surface area contributed by atoms with Gasteiger partial charge >= 0.3 is 5.97 Å². The summed E-state index contributed by atoms with van der Waals surface area (Å²) in [7, 11) is 0. The van der Waals surface area contributed by atoms with E-state index in [9.17, 15) is 9.18 Å². The molecule has 1 rings (SSSR count). The number of halogens is 1. The van der Waals surface area contributed by atoms with Crippen molar-refractivity contribution in [3.8, 4) is 0 Å². The molecule has 0 radical (unpaired) electrons. The van der Waals surface area contributed by atoms with Gasteiger partial charge in [0.25, 0.3) is 0 Å². The lowest BCUT2D eigenvalue weighted by molar-refractivity contribution is 0.0505. The molecular weight excluding hydrogens is 183 g/mol. The monoisotopic (exact) mass is 194 g/mol. The van der Waals surface area contributed by atoms with Gasteiger partial charge in [0, 0.05) is 6.42 Å². The summed E-state index contributed by atoms with van der Waals surface area (Å²) >= 11 is 0. The first-order valence-corrected chi connectivity index (χ1v) is 4.25. The van der Waals surface area contributed by atoms with Crippen molar-refractivity contribution < 1.29 is 13.9 Å². The van der Waals surface area contributed by atoms with Crippen LogP contribution in [0, 0.1) is 0 Å². The third-order valence-electron chi connectivity index (χ3n) is 1.62. The van der Waals surface area contributed by atoms with Crippen LogP contribution in [0.4, 0.5) is 4.39 Å². The molecule has 0 N–H and O–H groups in total. The Hall–Kier alpha value is -1.64. The normalized spacial score (nSPS) is 9.50. The van der Waals surface area contributed by atoms with Gasteiger partial charge in [0.15, 0.2) is 0 Å². The maximum atomic E-state index is 12.2. The van der Waals surface area contributed by atoms with Crippen LogP contribution >= 0.6 is 0 Å². The van der Waals surface area contributed by atoms with E-state index in [1.54, 1.807) is 30.3 Å². The van der Waals surface area contributed by atoms with Crippen molar-refractivity contribution in [3.63, 3.8) is 0 Å². The van der Waals surface area contributed by atoms with Crippen LogP contribution in [0.1, 0.15) is 16.8 Å². The van der Waals surface area contributed by atoms with Gasteiger partial charge in [0.1, 0.15) is 0 Å². The highest BCUT2D eigenvalue weighted by Gasteiger charge is 2.05. The molecule has 0 aromatic heterocycles. The zero-order valence-electron chi connectivity index (χ0n) is 7.70. The molecular formula is C11H11FO2. The largest absolute Gasteiger partial charge is 0.462 e. The highest BCUT2D eigenvalue weighted by Crippen LogP contribution is 2.03. The molecule has 2 nitrogen and oxygen atoms in total. The molecule has 0 amide bonds. The van der Waals surface area contributed by atoms with Crippen molar-refractivity contribution in [3.05, 3.63) is 48.3 Å². The van der Waals surface area contributed by atoms with Crippen LogP contribution in [0.15, 0.2) is 42.7 Å². The molecule has 0 aliphatic rings. The van der Waals surface area contributed by atoms with E-state index in [1.165, 1.54) is 0 Å². The van der Waals surface area contributed by atoms with Crippen LogP contribution in [0.25, 0.3) is 0 Å². The van der Waals surface area contributed by atoms with Crippen molar-refractivity contribution in [2.24, 2.45) is 0 Å². The first-order chi connectivity index (χ1) is 6.70. The third-order valence-corrected chi connectivity index (χ3v) is 1.62. The Kier molecular flexibility index (Phi) is 3.85. The molecule has 0 aliphatic carbocycles. The molecule has 0 bridgehead atoms. The third kappa shape index (κ3) is 3.39. The zero-order valence-corrected chi connectivity index (χ0v) is 7.70. The molecule has 14 heavy (non-hydrogen) atoms. The Bertz CT molecular complexity index is 319. The summed E-state index contributed by atoms with van der Waals surface area (Å²) in [5.74, 6) is -0.919. The molecule has 1 aromatic rings. The minimum atomic E-state index is -0.481. The number of rotatable bonds is 4. The Morgan fingerprint density at radius 3 is 2.57 bits per heavy atom. The van der Waals surface area contributed by atoms with Crippen LogP contribution in [-0.2, 0) is 4.74 Å². The van der Waals surface area contributed by atoms with Crippen LogP contribution in [0.2, 0.25) is 0 Å². The standard InChI is InChI=1S/C11H11FO2/c1-9(12)7-8-14-11(13)10-5-3-2-4-6-10/h2-6H,1,7-8H2. The molecule has 1 aromatic carbocycles. The van der Waals surface area contributed by atoms with Gasteiger partial charge in [-0.3, -0.25) is 0 Å². The van der Waals surface area contributed by atoms with E-state index in [0.29, 0.717) is 5.56 Å². The first-order valence-electron chi connectivity index (χ1n) is 4.25. The molecule has 0 atom stereocenters. The van der Waals surface area contributed by atoms with Crippen LogP contribution in [0.3, 0.4) is 0 Å². The lowest BCUT2D eigenvalue weighted by Crippen LogP contribution is -2.06. The highest BCUT2D eigenvalue weighted by atomic mass is 19.1. The lowest BCUT2D eigenvalue weighted by Gasteiger charge is -2.02. The summed E-state index contributed by atoms with van der Waals surface area (Å²) in [5.41, 5.74) is 0.469. The Labute approximate surface area is 82.0 Å². The average molecular weight is 194 g/mol. The van der Waals surface area contributed by atoms with Crippen LogP contribution in [-0.4, -0.2) is 12.6 Å². The minimum Gasteiger partial charge on any atom is -0.462 e. The Balaban J connectivity index is 2.40. The zero-order chi connectivity index (χ0) is 10.4. The predicted octanol–water partition coefficient (Wildman–Crippen LogP) is 2.72. The van der Waals surface area contributed by atoms with Gasteiger partial charge in [-0.05, 0) is 12.1 Å². The minimum absolute atomic E-state index is 0.0308. The van der Waals surface area contributed by atoms with Crippen molar-refractivity contribution >= 4 is 5.97 Å². The van der Waals surface area contributed by atoms with Gasteiger partial charge in [-0.2, -0.15) is 0 Å². The van der Waals surface area contributed by atoms with E-state index >= 15 is 0 Å². The number of ether oxygens (including phenoxy) is 1. The molecule has 0 saturated carbocycles. The van der Waals surface area contributed by atoms with Crippen molar-refractivity contribution in [1.29, 1.82) is 0 Å². The van der Waals surface area contributed by atoms with E-state index < -0.39 is 11.8 Å². The predicted molar refractivity (Wildman–Crippen MR) is 51.6 cm³/mol. The van der Waals surface area contributed by atoms with E-state index in [1.807, 2.05) is 0 Å². The number of esters is 1. The molecule has 3 heteroatoms. The number of hydrogen-bond donors (Lipinski definition) is 0. The molecule has 0 fully saturated rings. The van der Waals surface area contributed by atoms with E-state index in [-0.39, 0.29) is 13.0 Å².